The lowest BCUT2D eigenvalue weighted by atomic mass is 9.85. The fraction of sp³-hybridized carbons (Fsp3) is 0.368. The van der Waals surface area contributed by atoms with E-state index < -0.39 is 30.5 Å². The van der Waals surface area contributed by atoms with E-state index in [4.69, 9.17) is 4.74 Å². The first-order valence-electron chi connectivity index (χ1n) is 8.27. The van der Waals surface area contributed by atoms with E-state index in [1.807, 2.05) is 12.2 Å². The number of Topliss-reactive ketones (excluding diaryl/α,β-unsaturated/α-hetero) is 1. The molecule has 1 heterocycles. The number of nitrogens with zero attached hydrogens (tertiary/aromatic N) is 1. The molecule has 1 fully saturated rings. The standard InChI is InChI=1S/C19H19NO5/c1-12(19(24)25-11-16(21)13-7-3-2-4-8-13)20-17(22)14-9-5-6-10-15(14)18(20)23/h2-8,12,14-15H,9-11H2,1H3/t12-,14-,15-/m0/s1. The molecule has 3 rings (SSSR count). The summed E-state index contributed by atoms with van der Waals surface area (Å²) in [6, 6.07) is 7.44. The Labute approximate surface area is 145 Å². The Hall–Kier alpha value is -2.76. The number of ketones is 1. The minimum absolute atomic E-state index is 0.335. The van der Waals surface area contributed by atoms with Crippen LogP contribution in [0, 0.1) is 11.8 Å². The fourth-order valence-electron chi connectivity index (χ4n) is 3.28. The minimum Gasteiger partial charge on any atom is -0.456 e. The molecule has 1 aromatic carbocycles. The molecule has 1 aliphatic carbocycles. The topological polar surface area (TPSA) is 80.8 Å². The molecule has 1 saturated heterocycles. The van der Waals surface area contributed by atoms with Crippen molar-refractivity contribution < 1.29 is 23.9 Å². The van der Waals surface area contributed by atoms with Crippen molar-refractivity contribution in [3.63, 3.8) is 0 Å². The summed E-state index contributed by atoms with van der Waals surface area (Å²) in [7, 11) is 0. The molecule has 0 radical (unpaired) electrons. The van der Waals surface area contributed by atoms with E-state index in [9.17, 15) is 19.2 Å². The summed E-state index contributed by atoms with van der Waals surface area (Å²) in [4.78, 5) is 50.1. The molecule has 25 heavy (non-hydrogen) atoms. The lowest BCUT2D eigenvalue weighted by Crippen LogP contribution is -2.44. The van der Waals surface area contributed by atoms with Gasteiger partial charge in [-0.15, -0.1) is 0 Å². The Kier molecular flexibility index (Phi) is 4.79. The van der Waals surface area contributed by atoms with E-state index in [1.54, 1.807) is 30.3 Å². The van der Waals surface area contributed by atoms with Gasteiger partial charge in [0, 0.05) is 5.56 Å². The highest BCUT2D eigenvalue weighted by molar-refractivity contribution is 6.08. The SMILES string of the molecule is C[C@@H](C(=O)OCC(=O)c1ccccc1)N1C(=O)[C@H]2CC=CC[C@@H]2C1=O. The quantitative estimate of drug-likeness (QED) is 0.353. The smallest absolute Gasteiger partial charge is 0.329 e. The monoisotopic (exact) mass is 341 g/mol. The second kappa shape index (κ2) is 7.01. The van der Waals surface area contributed by atoms with Gasteiger partial charge >= 0.3 is 5.97 Å². The van der Waals surface area contributed by atoms with Gasteiger partial charge in [-0.05, 0) is 19.8 Å². The fourth-order valence-corrected chi connectivity index (χ4v) is 3.28. The Bertz CT molecular complexity index is 713. The predicted molar refractivity (Wildman–Crippen MR) is 88.4 cm³/mol. The zero-order chi connectivity index (χ0) is 18.0. The summed E-state index contributed by atoms with van der Waals surface area (Å²) in [6.07, 6.45) is 4.80. The van der Waals surface area contributed by atoms with Crippen LogP contribution in [0.15, 0.2) is 42.5 Å². The maximum absolute atomic E-state index is 12.5. The van der Waals surface area contributed by atoms with E-state index in [-0.39, 0.29) is 17.6 Å². The molecule has 2 amide bonds. The van der Waals surface area contributed by atoms with Gasteiger partial charge in [0.25, 0.3) is 0 Å². The Balaban J connectivity index is 1.62. The maximum Gasteiger partial charge on any atom is 0.329 e. The molecule has 0 saturated carbocycles. The third kappa shape index (κ3) is 3.24. The van der Waals surface area contributed by atoms with E-state index in [2.05, 4.69) is 0 Å². The third-order valence-electron chi connectivity index (χ3n) is 4.71. The highest BCUT2D eigenvalue weighted by Crippen LogP contribution is 2.36. The lowest BCUT2D eigenvalue weighted by molar-refractivity contribution is -0.157. The van der Waals surface area contributed by atoms with Gasteiger partial charge in [-0.3, -0.25) is 19.3 Å². The second-order valence-corrected chi connectivity index (χ2v) is 6.28. The molecule has 1 aliphatic heterocycles. The number of carbonyl (C=O) groups is 4. The number of benzene rings is 1. The number of fused-ring (bicyclic) bond motifs is 1. The summed E-state index contributed by atoms with van der Waals surface area (Å²) in [6.45, 7) is 1.04. The second-order valence-electron chi connectivity index (χ2n) is 6.28. The predicted octanol–water partition coefficient (Wildman–Crippen LogP) is 1.75. The van der Waals surface area contributed by atoms with Crippen molar-refractivity contribution in [3.8, 4) is 0 Å². The molecular formula is C19H19NO5. The van der Waals surface area contributed by atoms with Crippen molar-refractivity contribution in [2.24, 2.45) is 11.8 Å². The number of hydrogen-bond acceptors (Lipinski definition) is 5. The summed E-state index contributed by atoms with van der Waals surface area (Å²) in [5.41, 5.74) is 0.438. The van der Waals surface area contributed by atoms with Crippen molar-refractivity contribution >= 4 is 23.6 Å². The number of imide groups is 1. The van der Waals surface area contributed by atoms with Gasteiger partial charge in [-0.25, -0.2) is 4.79 Å². The summed E-state index contributed by atoms with van der Waals surface area (Å²) in [5, 5.41) is 0. The first-order valence-corrected chi connectivity index (χ1v) is 8.27. The number of esters is 1. The highest BCUT2D eigenvalue weighted by Gasteiger charge is 2.50. The molecule has 2 aliphatic rings. The zero-order valence-electron chi connectivity index (χ0n) is 13.9. The molecule has 0 aromatic heterocycles. The van der Waals surface area contributed by atoms with Crippen LogP contribution in [0.5, 0.6) is 0 Å². The van der Waals surface area contributed by atoms with Crippen LogP contribution >= 0.6 is 0 Å². The molecule has 0 bridgehead atoms. The summed E-state index contributed by atoms with van der Waals surface area (Å²) in [5.74, 6) is -2.54. The first-order chi connectivity index (χ1) is 12.0. The van der Waals surface area contributed by atoms with Crippen LogP contribution in [0.25, 0.3) is 0 Å². The Morgan fingerprint density at radius 3 is 2.20 bits per heavy atom. The third-order valence-corrected chi connectivity index (χ3v) is 4.71. The van der Waals surface area contributed by atoms with Gasteiger partial charge in [-0.1, -0.05) is 42.5 Å². The van der Waals surface area contributed by atoms with Gasteiger partial charge < -0.3 is 4.74 Å². The van der Waals surface area contributed by atoms with E-state index >= 15 is 0 Å². The van der Waals surface area contributed by atoms with Crippen LogP contribution in [-0.4, -0.2) is 41.1 Å². The van der Waals surface area contributed by atoms with Crippen LogP contribution in [0.3, 0.4) is 0 Å². The Morgan fingerprint density at radius 1 is 1.08 bits per heavy atom. The van der Waals surface area contributed by atoms with Crippen molar-refractivity contribution in [2.75, 3.05) is 6.61 Å². The van der Waals surface area contributed by atoms with Crippen LogP contribution in [-0.2, 0) is 19.1 Å². The van der Waals surface area contributed by atoms with Crippen LogP contribution < -0.4 is 0 Å². The number of allylic oxidation sites excluding steroid dienone is 2. The number of ether oxygens (including phenoxy) is 1. The zero-order valence-corrected chi connectivity index (χ0v) is 13.9. The molecule has 6 heteroatoms. The molecule has 130 valence electrons. The first kappa shape index (κ1) is 17.1. The van der Waals surface area contributed by atoms with Crippen LogP contribution in [0.1, 0.15) is 30.1 Å². The average molecular weight is 341 g/mol. The largest absolute Gasteiger partial charge is 0.456 e. The minimum atomic E-state index is -1.03. The van der Waals surface area contributed by atoms with E-state index in [0.29, 0.717) is 18.4 Å². The van der Waals surface area contributed by atoms with Crippen molar-refractivity contribution in [1.29, 1.82) is 0 Å². The molecule has 3 atom stereocenters. The van der Waals surface area contributed by atoms with Gasteiger partial charge in [0.2, 0.25) is 11.8 Å². The van der Waals surface area contributed by atoms with Gasteiger partial charge in [0.05, 0.1) is 11.8 Å². The number of likely N-dealkylation sites (tertiary alicyclic amines) is 1. The maximum atomic E-state index is 12.5. The van der Waals surface area contributed by atoms with Gasteiger partial charge in [-0.2, -0.15) is 0 Å². The van der Waals surface area contributed by atoms with Gasteiger partial charge in [0.15, 0.2) is 12.4 Å². The number of rotatable bonds is 5. The van der Waals surface area contributed by atoms with Crippen molar-refractivity contribution in [2.45, 2.75) is 25.8 Å². The van der Waals surface area contributed by atoms with Crippen LogP contribution in [0.2, 0.25) is 0 Å². The highest BCUT2D eigenvalue weighted by atomic mass is 16.5. The average Bonchev–Trinajstić information content (AvgIpc) is 2.90. The summed E-state index contributed by atoms with van der Waals surface area (Å²) < 4.78 is 5.03. The van der Waals surface area contributed by atoms with Crippen LogP contribution in [0.4, 0.5) is 0 Å². The van der Waals surface area contributed by atoms with E-state index in [1.165, 1.54) is 6.92 Å². The molecule has 0 N–H and O–H groups in total. The molecule has 6 nitrogen and oxygen atoms in total. The normalized spacial score (nSPS) is 23.3. The molecule has 1 aromatic rings. The molecule has 0 spiro atoms. The van der Waals surface area contributed by atoms with Gasteiger partial charge in [0.1, 0.15) is 6.04 Å². The summed E-state index contributed by atoms with van der Waals surface area (Å²) >= 11 is 0. The Morgan fingerprint density at radius 2 is 1.64 bits per heavy atom. The molecular weight excluding hydrogens is 322 g/mol. The lowest BCUT2D eigenvalue weighted by Gasteiger charge is -2.21. The van der Waals surface area contributed by atoms with Crippen molar-refractivity contribution in [1.82, 2.24) is 4.90 Å². The molecule has 0 unspecified atom stereocenters. The van der Waals surface area contributed by atoms with Crippen molar-refractivity contribution in [3.05, 3.63) is 48.0 Å². The number of amides is 2. The number of hydrogen-bond donors (Lipinski definition) is 0. The van der Waals surface area contributed by atoms with E-state index in [0.717, 1.165) is 4.90 Å². The number of carbonyl (C=O) groups excluding carboxylic acids is 4.